The molecule has 1 aromatic heterocycles. The van der Waals surface area contributed by atoms with Crippen LogP contribution < -0.4 is 4.74 Å². The van der Waals surface area contributed by atoms with E-state index >= 15 is 0 Å². The monoisotopic (exact) mass is 248 g/mol. The van der Waals surface area contributed by atoms with Crippen LogP contribution >= 0.6 is 0 Å². The van der Waals surface area contributed by atoms with Crippen LogP contribution in [0.15, 0.2) is 23.0 Å². The molecule has 98 valence electrons. The Morgan fingerprint density at radius 2 is 1.94 bits per heavy atom. The minimum absolute atomic E-state index is 0.0794. The van der Waals surface area contributed by atoms with E-state index in [9.17, 15) is 4.79 Å². The molecule has 0 N–H and O–H groups in total. The number of ether oxygens (including phenoxy) is 1. The van der Waals surface area contributed by atoms with Gasteiger partial charge >= 0.3 is 5.97 Å². The molecule has 0 saturated heterocycles. The number of carbonyl (C=O) groups is 1. The van der Waals surface area contributed by atoms with Crippen LogP contribution in [-0.2, 0) is 4.79 Å². The van der Waals surface area contributed by atoms with Crippen LogP contribution in [0.3, 0.4) is 0 Å². The van der Waals surface area contributed by atoms with Gasteiger partial charge in [-0.2, -0.15) is 0 Å². The molecule has 0 radical (unpaired) electrons. The first-order valence-corrected chi connectivity index (χ1v) is 7.01. The first kappa shape index (κ1) is 11.8. The Labute approximate surface area is 108 Å². The summed E-state index contributed by atoms with van der Waals surface area (Å²) in [5.41, 5.74) is 0.576. The van der Waals surface area contributed by atoms with Gasteiger partial charge in [0.15, 0.2) is 5.75 Å². The summed E-state index contributed by atoms with van der Waals surface area (Å²) in [6.45, 7) is 0. The van der Waals surface area contributed by atoms with E-state index < -0.39 is 0 Å². The molecule has 0 aromatic carbocycles. The standard InChI is InChI=1S/C15H20O3/c16-14(18-13-5-10-17-11-13)12-3-8-15(9-4-12)6-1-2-7-15/h5,10-12H,1-4,6-9H2. The first-order valence-electron chi connectivity index (χ1n) is 7.01. The van der Waals surface area contributed by atoms with Crippen molar-refractivity contribution in [2.75, 3.05) is 0 Å². The van der Waals surface area contributed by atoms with E-state index in [0.29, 0.717) is 11.2 Å². The average Bonchev–Trinajstić information content (AvgIpc) is 3.03. The Kier molecular flexibility index (Phi) is 3.14. The topological polar surface area (TPSA) is 39.4 Å². The van der Waals surface area contributed by atoms with Crippen LogP contribution in [0.25, 0.3) is 0 Å². The van der Waals surface area contributed by atoms with Crippen molar-refractivity contribution in [2.24, 2.45) is 11.3 Å². The second-order valence-electron chi connectivity index (χ2n) is 5.86. The molecule has 0 atom stereocenters. The SMILES string of the molecule is O=C(Oc1ccoc1)C1CCC2(CCCC2)CC1. The summed E-state index contributed by atoms with van der Waals surface area (Å²) in [5.74, 6) is 0.538. The van der Waals surface area contributed by atoms with Gasteiger partial charge in [-0.3, -0.25) is 4.79 Å². The Morgan fingerprint density at radius 1 is 1.22 bits per heavy atom. The number of hydrogen-bond donors (Lipinski definition) is 0. The number of carbonyl (C=O) groups excluding carboxylic acids is 1. The van der Waals surface area contributed by atoms with Crippen molar-refractivity contribution in [1.82, 2.24) is 0 Å². The molecule has 3 rings (SSSR count). The van der Waals surface area contributed by atoms with Crippen LogP contribution in [0, 0.1) is 11.3 Å². The summed E-state index contributed by atoms with van der Waals surface area (Å²) in [7, 11) is 0. The maximum Gasteiger partial charge on any atom is 0.314 e. The summed E-state index contributed by atoms with van der Waals surface area (Å²) in [6, 6.07) is 1.68. The third kappa shape index (κ3) is 2.31. The second kappa shape index (κ2) is 4.79. The predicted octanol–water partition coefficient (Wildman–Crippen LogP) is 3.94. The maximum absolute atomic E-state index is 12.0. The van der Waals surface area contributed by atoms with Crippen LogP contribution in [-0.4, -0.2) is 5.97 Å². The second-order valence-corrected chi connectivity index (χ2v) is 5.86. The van der Waals surface area contributed by atoms with E-state index in [1.807, 2.05) is 0 Å². The van der Waals surface area contributed by atoms with Crippen LogP contribution in [0.4, 0.5) is 0 Å². The lowest BCUT2D eigenvalue weighted by molar-refractivity contribution is -0.140. The highest BCUT2D eigenvalue weighted by molar-refractivity contribution is 5.75. The highest BCUT2D eigenvalue weighted by atomic mass is 16.5. The van der Waals surface area contributed by atoms with Crippen molar-refractivity contribution in [1.29, 1.82) is 0 Å². The van der Waals surface area contributed by atoms with E-state index in [-0.39, 0.29) is 11.9 Å². The minimum atomic E-state index is -0.0794. The summed E-state index contributed by atoms with van der Waals surface area (Å²) >= 11 is 0. The zero-order valence-corrected chi connectivity index (χ0v) is 10.7. The molecule has 2 aliphatic carbocycles. The van der Waals surface area contributed by atoms with Crippen molar-refractivity contribution in [3.05, 3.63) is 18.6 Å². The number of furan rings is 1. The summed E-state index contributed by atoms with van der Waals surface area (Å²) in [5, 5.41) is 0. The van der Waals surface area contributed by atoms with E-state index in [0.717, 1.165) is 12.8 Å². The van der Waals surface area contributed by atoms with Gasteiger partial charge in [0.25, 0.3) is 0 Å². The largest absolute Gasteiger partial charge is 0.469 e. The Bertz CT molecular complexity index is 391. The molecular formula is C15H20O3. The maximum atomic E-state index is 12.0. The fraction of sp³-hybridized carbons (Fsp3) is 0.667. The summed E-state index contributed by atoms with van der Waals surface area (Å²) in [4.78, 5) is 12.0. The molecule has 1 heterocycles. The lowest BCUT2D eigenvalue weighted by Crippen LogP contribution is -2.30. The van der Waals surface area contributed by atoms with Gasteiger partial charge in [-0.25, -0.2) is 0 Å². The van der Waals surface area contributed by atoms with Crippen molar-refractivity contribution >= 4 is 5.97 Å². The van der Waals surface area contributed by atoms with Gasteiger partial charge in [0.05, 0.1) is 12.2 Å². The Morgan fingerprint density at radius 3 is 2.56 bits per heavy atom. The normalized spacial score (nSPS) is 23.3. The van der Waals surface area contributed by atoms with Gasteiger partial charge in [0.2, 0.25) is 0 Å². The van der Waals surface area contributed by atoms with Gasteiger partial charge in [-0.1, -0.05) is 12.8 Å². The lowest BCUT2D eigenvalue weighted by Gasteiger charge is -2.36. The van der Waals surface area contributed by atoms with Gasteiger partial charge < -0.3 is 9.15 Å². The number of hydrogen-bond acceptors (Lipinski definition) is 3. The molecule has 2 saturated carbocycles. The zero-order chi connectivity index (χ0) is 12.4. The minimum Gasteiger partial charge on any atom is -0.469 e. The number of rotatable bonds is 2. The molecule has 2 aliphatic rings. The van der Waals surface area contributed by atoms with Crippen LogP contribution in [0.5, 0.6) is 5.75 Å². The summed E-state index contributed by atoms with van der Waals surface area (Å²) < 4.78 is 10.2. The van der Waals surface area contributed by atoms with Crippen LogP contribution in [0.2, 0.25) is 0 Å². The van der Waals surface area contributed by atoms with E-state index in [4.69, 9.17) is 9.15 Å². The predicted molar refractivity (Wildman–Crippen MR) is 67.2 cm³/mol. The molecular weight excluding hydrogens is 228 g/mol. The van der Waals surface area contributed by atoms with Crippen molar-refractivity contribution in [3.63, 3.8) is 0 Å². The molecule has 0 unspecified atom stereocenters. The summed E-state index contributed by atoms with van der Waals surface area (Å²) in [6.07, 6.45) is 12.9. The molecule has 1 aromatic rings. The van der Waals surface area contributed by atoms with Crippen LogP contribution in [0.1, 0.15) is 51.4 Å². The smallest absolute Gasteiger partial charge is 0.314 e. The number of esters is 1. The Hall–Kier alpha value is -1.25. The lowest BCUT2D eigenvalue weighted by atomic mass is 9.69. The van der Waals surface area contributed by atoms with Gasteiger partial charge in [-0.05, 0) is 43.9 Å². The molecule has 1 spiro atoms. The highest BCUT2D eigenvalue weighted by Gasteiger charge is 2.39. The fourth-order valence-electron chi connectivity index (χ4n) is 3.60. The molecule has 18 heavy (non-hydrogen) atoms. The third-order valence-electron chi connectivity index (χ3n) is 4.76. The third-order valence-corrected chi connectivity index (χ3v) is 4.76. The van der Waals surface area contributed by atoms with Gasteiger partial charge in [0, 0.05) is 6.07 Å². The quantitative estimate of drug-likeness (QED) is 0.744. The van der Waals surface area contributed by atoms with Crippen molar-refractivity contribution < 1.29 is 13.9 Å². The Balaban J connectivity index is 1.54. The molecule has 2 fully saturated rings. The molecule has 0 amide bonds. The zero-order valence-electron chi connectivity index (χ0n) is 10.7. The molecule has 3 nitrogen and oxygen atoms in total. The van der Waals surface area contributed by atoms with E-state index in [2.05, 4.69) is 0 Å². The van der Waals surface area contributed by atoms with E-state index in [1.54, 1.807) is 6.07 Å². The molecule has 3 heteroatoms. The van der Waals surface area contributed by atoms with Gasteiger partial charge in [-0.15, -0.1) is 0 Å². The fourth-order valence-corrected chi connectivity index (χ4v) is 3.60. The molecule has 0 aliphatic heterocycles. The molecule has 0 bridgehead atoms. The van der Waals surface area contributed by atoms with Gasteiger partial charge in [0.1, 0.15) is 6.26 Å². The highest BCUT2D eigenvalue weighted by Crippen LogP contribution is 2.50. The first-order chi connectivity index (χ1) is 8.77. The van der Waals surface area contributed by atoms with Crippen molar-refractivity contribution in [3.8, 4) is 5.75 Å². The van der Waals surface area contributed by atoms with Crippen molar-refractivity contribution in [2.45, 2.75) is 51.4 Å². The average molecular weight is 248 g/mol. The van der Waals surface area contributed by atoms with E-state index in [1.165, 1.54) is 51.1 Å².